The minimum Gasteiger partial charge on any atom is -0.486 e. The van der Waals surface area contributed by atoms with E-state index >= 15 is 0 Å². The van der Waals surface area contributed by atoms with Gasteiger partial charge in [0.1, 0.15) is 18.5 Å². The van der Waals surface area contributed by atoms with Gasteiger partial charge in [-0.3, -0.25) is 0 Å². The van der Waals surface area contributed by atoms with Crippen molar-refractivity contribution in [2.75, 3.05) is 12.4 Å². The molecule has 0 saturated carbocycles. The third-order valence-corrected chi connectivity index (χ3v) is 5.20. The number of hydrogen-bond acceptors (Lipinski definition) is 7. The van der Waals surface area contributed by atoms with Crippen LogP contribution in [0.5, 0.6) is 5.75 Å². The van der Waals surface area contributed by atoms with Gasteiger partial charge in [-0.2, -0.15) is 0 Å². The number of thioether (sulfide) groups is 1. The van der Waals surface area contributed by atoms with Gasteiger partial charge in [0.15, 0.2) is 11.0 Å². The molecule has 0 bridgehead atoms. The third-order valence-electron chi connectivity index (χ3n) is 4.15. The van der Waals surface area contributed by atoms with E-state index in [-0.39, 0.29) is 6.61 Å². The number of aryl methyl sites for hydroxylation is 1. The van der Waals surface area contributed by atoms with Gasteiger partial charge in [0.25, 0.3) is 0 Å². The SMILES string of the molecule is CCc1ccc(OCc2nnc(SCCCOC(=O)[C@H](C)O)n2CC(C)C)cc1. The summed E-state index contributed by atoms with van der Waals surface area (Å²) >= 11 is 1.58. The molecule has 0 spiro atoms. The largest absolute Gasteiger partial charge is 0.486 e. The third kappa shape index (κ3) is 7.70. The Kier molecular flexibility index (Phi) is 9.47. The molecule has 0 aliphatic carbocycles. The van der Waals surface area contributed by atoms with Crippen molar-refractivity contribution in [2.45, 2.75) is 64.9 Å². The molecule has 0 fully saturated rings. The number of hydrogen-bond donors (Lipinski definition) is 1. The van der Waals surface area contributed by atoms with Crippen LogP contribution < -0.4 is 4.74 Å². The van der Waals surface area contributed by atoms with Crippen LogP contribution >= 0.6 is 11.8 Å². The van der Waals surface area contributed by atoms with Gasteiger partial charge < -0.3 is 19.1 Å². The van der Waals surface area contributed by atoms with Gasteiger partial charge in [-0.15, -0.1) is 10.2 Å². The summed E-state index contributed by atoms with van der Waals surface area (Å²) < 4.78 is 13.0. The van der Waals surface area contributed by atoms with Gasteiger partial charge >= 0.3 is 5.97 Å². The summed E-state index contributed by atoms with van der Waals surface area (Å²) in [5.74, 6) is 2.20. The molecule has 1 atom stereocenters. The molecule has 1 heterocycles. The fraction of sp³-hybridized carbons (Fsp3) is 0.571. The van der Waals surface area contributed by atoms with Crippen molar-refractivity contribution in [2.24, 2.45) is 5.92 Å². The Labute approximate surface area is 176 Å². The standard InChI is InChI=1S/C21H31N3O4S/c1-5-17-7-9-18(10-8-17)28-14-19-22-23-21(24(19)13-15(2)3)29-12-6-11-27-20(26)16(4)25/h7-10,15-16,25H,5-6,11-14H2,1-4H3/t16-/m0/s1. The second-order valence-electron chi connectivity index (χ2n) is 7.23. The van der Waals surface area contributed by atoms with Crippen molar-refractivity contribution >= 4 is 17.7 Å². The summed E-state index contributed by atoms with van der Waals surface area (Å²) in [6.45, 7) is 9.26. The number of benzene rings is 1. The summed E-state index contributed by atoms with van der Waals surface area (Å²) in [6.07, 6.45) is 0.590. The smallest absolute Gasteiger partial charge is 0.334 e. The first-order valence-corrected chi connectivity index (χ1v) is 11.0. The van der Waals surface area contributed by atoms with E-state index in [1.807, 2.05) is 12.1 Å². The molecule has 2 rings (SSSR count). The monoisotopic (exact) mass is 421 g/mol. The lowest BCUT2D eigenvalue weighted by atomic mass is 10.2. The Balaban J connectivity index is 1.91. The minimum absolute atomic E-state index is 0.277. The number of aliphatic hydroxyl groups is 1. The predicted molar refractivity (Wildman–Crippen MR) is 113 cm³/mol. The minimum atomic E-state index is -1.09. The van der Waals surface area contributed by atoms with Crippen LogP contribution in [-0.2, 0) is 29.1 Å². The Morgan fingerprint density at radius 1 is 1.21 bits per heavy atom. The van der Waals surface area contributed by atoms with Gasteiger partial charge in [0, 0.05) is 12.3 Å². The zero-order valence-corrected chi connectivity index (χ0v) is 18.4. The average molecular weight is 422 g/mol. The lowest BCUT2D eigenvalue weighted by Gasteiger charge is -2.13. The van der Waals surface area contributed by atoms with E-state index in [0.29, 0.717) is 18.9 Å². The van der Waals surface area contributed by atoms with Crippen LogP contribution in [0.1, 0.15) is 45.5 Å². The van der Waals surface area contributed by atoms with Crippen molar-refractivity contribution in [3.63, 3.8) is 0 Å². The first-order chi connectivity index (χ1) is 13.9. The highest BCUT2D eigenvalue weighted by Crippen LogP contribution is 2.21. The summed E-state index contributed by atoms with van der Waals surface area (Å²) in [4.78, 5) is 11.3. The Bertz CT molecular complexity index is 760. The van der Waals surface area contributed by atoms with Gasteiger partial charge in [-0.1, -0.05) is 44.7 Å². The maximum atomic E-state index is 11.3. The van der Waals surface area contributed by atoms with E-state index in [4.69, 9.17) is 14.6 Å². The Morgan fingerprint density at radius 2 is 1.93 bits per heavy atom. The number of rotatable bonds is 12. The van der Waals surface area contributed by atoms with Crippen LogP contribution in [0.2, 0.25) is 0 Å². The van der Waals surface area contributed by atoms with E-state index < -0.39 is 12.1 Å². The van der Waals surface area contributed by atoms with Crippen molar-refractivity contribution < 1.29 is 19.4 Å². The van der Waals surface area contributed by atoms with E-state index in [1.165, 1.54) is 12.5 Å². The van der Waals surface area contributed by atoms with E-state index in [9.17, 15) is 4.79 Å². The molecule has 29 heavy (non-hydrogen) atoms. The molecule has 1 aromatic heterocycles. The Morgan fingerprint density at radius 3 is 2.55 bits per heavy atom. The summed E-state index contributed by atoms with van der Waals surface area (Å²) in [6, 6.07) is 8.10. The maximum absolute atomic E-state index is 11.3. The highest BCUT2D eigenvalue weighted by molar-refractivity contribution is 7.99. The fourth-order valence-electron chi connectivity index (χ4n) is 2.57. The first kappa shape index (κ1) is 23.2. The second-order valence-corrected chi connectivity index (χ2v) is 8.30. The van der Waals surface area contributed by atoms with Crippen molar-refractivity contribution in [3.05, 3.63) is 35.7 Å². The number of nitrogens with zero attached hydrogens (tertiary/aromatic N) is 3. The number of carbonyl (C=O) groups is 1. The van der Waals surface area contributed by atoms with Crippen LogP contribution in [0.4, 0.5) is 0 Å². The quantitative estimate of drug-likeness (QED) is 0.319. The molecule has 0 unspecified atom stereocenters. The van der Waals surface area contributed by atoms with Gasteiger partial charge in [0.05, 0.1) is 6.61 Å². The van der Waals surface area contributed by atoms with Crippen molar-refractivity contribution in [1.29, 1.82) is 0 Å². The van der Waals surface area contributed by atoms with Crippen LogP contribution in [0.15, 0.2) is 29.4 Å². The van der Waals surface area contributed by atoms with Gasteiger partial charge in [0.2, 0.25) is 0 Å². The van der Waals surface area contributed by atoms with Gasteiger partial charge in [-0.05, 0) is 43.4 Å². The van der Waals surface area contributed by atoms with Crippen LogP contribution in [0.3, 0.4) is 0 Å². The molecule has 0 radical (unpaired) electrons. The van der Waals surface area contributed by atoms with Crippen LogP contribution in [0.25, 0.3) is 0 Å². The normalized spacial score (nSPS) is 12.2. The van der Waals surface area contributed by atoms with E-state index in [1.54, 1.807) is 11.8 Å². The number of aromatic nitrogens is 3. The number of ether oxygens (including phenoxy) is 2. The lowest BCUT2D eigenvalue weighted by molar-refractivity contribution is -0.152. The molecule has 0 aliphatic heterocycles. The van der Waals surface area contributed by atoms with Gasteiger partial charge in [-0.25, -0.2) is 4.79 Å². The molecule has 1 N–H and O–H groups in total. The molecule has 1 aromatic carbocycles. The predicted octanol–water partition coefficient (Wildman–Crippen LogP) is 3.48. The van der Waals surface area contributed by atoms with E-state index in [0.717, 1.165) is 35.4 Å². The number of carbonyl (C=O) groups excluding carboxylic acids is 1. The molecule has 7 nitrogen and oxygen atoms in total. The summed E-state index contributed by atoms with van der Waals surface area (Å²) in [5, 5.41) is 18.6. The lowest BCUT2D eigenvalue weighted by Crippen LogP contribution is -2.19. The number of esters is 1. The average Bonchev–Trinajstić information content (AvgIpc) is 3.07. The topological polar surface area (TPSA) is 86.5 Å². The molecule has 8 heteroatoms. The first-order valence-electron chi connectivity index (χ1n) is 10.0. The molecular weight excluding hydrogens is 390 g/mol. The number of aliphatic hydroxyl groups excluding tert-OH is 1. The summed E-state index contributed by atoms with van der Waals surface area (Å²) in [7, 11) is 0. The second kappa shape index (κ2) is 11.8. The highest BCUT2D eigenvalue weighted by Gasteiger charge is 2.15. The molecule has 2 aromatic rings. The fourth-order valence-corrected chi connectivity index (χ4v) is 3.45. The molecule has 0 aliphatic rings. The van der Waals surface area contributed by atoms with Crippen LogP contribution in [0, 0.1) is 5.92 Å². The highest BCUT2D eigenvalue weighted by atomic mass is 32.2. The van der Waals surface area contributed by atoms with E-state index in [2.05, 4.69) is 47.7 Å². The van der Waals surface area contributed by atoms with Crippen molar-refractivity contribution in [1.82, 2.24) is 14.8 Å². The zero-order valence-electron chi connectivity index (χ0n) is 17.6. The molecule has 0 saturated heterocycles. The molecule has 160 valence electrons. The molecule has 0 amide bonds. The molecular formula is C21H31N3O4S. The zero-order chi connectivity index (χ0) is 21.2. The van der Waals surface area contributed by atoms with Crippen LogP contribution in [-0.4, -0.2) is 44.3 Å². The Hall–Kier alpha value is -2.06. The summed E-state index contributed by atoms with van der Waals surface area (Å²) in [5.41, 5.74) is 1.28. The maximum Gasteiger partial charge on any atom is 0.334 e. The van der Waals surface area contributed by atoms with Crippen molar-refractivity contribution in [3.8, 4) is 5.75 Å².